The van der Waals surface area contributed by atoms with Crippen LogP contribution in [0.25, 0.3) is 0 Å². The summed E-state index contributed by atoms with van der Waals surface area (Å²) in [6.07, 6.45) is 0. The topological polar surface area (TPSA) is 24.1 Å². The SMILES string of the molecule is Cc1cc(F)ccc1NC(=S)NCCSc1ccc(Cl)cc1. The molecule has 0 aliphatic rings. The minimum absolute atomic E-state index is 0.249. The van der Waals surface area contributed by atoms with Crippen LogP contribution in [0.3, 0.4) is 0 Å². The van der Waals surface area contributed by atoms with Gasteiger partial charge in [-0.1, -0.05) is 11.6 Å². The van der Waals surface area contributed by atoms with Gasteiger partial charge in [0.15, 0.2) is 5.11 Å². The lowest BCUT2D eigenvalue weighted by molar-refractivity contribution is 0.627. The fourth-order valence-electron chi connectivity index (χ4n) is 1.80. The van der Waals surface area contributed by atoms with Crippen molar-refractivity contribution in [3.8, 4) is 0 Å². The zero-order valence-electron chi connectivity index (χ0n) is 12.0. The van der Waals surface area contributed by atoms with Crippen LogP contribution in [0.2, 0.25) is 5.02 Å². The van der Waals surface area contributed by atoms with Crippen LogP contribution in [0, 0.1) is 12.7 Å². The first kappa shape index (κ1) is 17.1. The van der Waals surface area contributed by atoms with E-state index in [1.54, 1.807) is 17.8 Å². The van der Waals surface area contributed by atoms with Crippen molar-refractivity contribution in [1.29, 1.82) is 0 Å². The summed E-state index contributed by atoms with van der Waals surface area (Å²) in [6, 6.07) is 12.3. The molecule has 0 spiro atoms. The molecule has 0 aromatic heterocycles. The Labute approximate surface area is 144 Å². The lowest BCUT2D eigenvalue weighted by atomic mass is 10.2. The second-order valence-corrected chi connectivity index (χ2v) is 6.66. The number of halogens is 2. The molecule has 0 saturated carbocycles. The standard InChI is InChI=1S/C16H16ClFN2S2/c1-11-10-13(18)4-7-15(11)20-16(21)19-8-9-22-14-5-2-12(17)3-6-14/h2-7,10H,8-9H2,1H3,(H2,19,20,21). The van der Waals surface area contributed by atoms with Crippen LogP contribution in [-0.4, -0.2) is 17.4 Å². The summed E-state index contributed by atoms with van der Waals surface area (Å²) in [7, 11) is 0. The summed E-state index contributed by atoms with van der Waals surface area (Å²) in [4.78, 5) is 1.17. The number of aryl methyl sites for hydroxylation is 1. The molecule has 0 radical (unpaired) electrons. The minimum Gasteiger partial charge on any atom is -0.362 e. The van der Waals surface area contributed by atoms with Gasteiger partial charge in [0.2, 0.25) is 0 Å². The maximum Gasteiger partial charge on any atom is 0.170 e. The Balaban J connectivity index is 1.72. The molecular weight excluding hydrogens is 339 g/mol. The van der Waals surface area contributed by atoms with Crippen molar-refractivity contribution in [2.75, 3.05) is 17.6 Å². The van der Waals surface area contributed by atoms with Crippen molar-refractivity contribution in [3.63, 3.8) is 0 Å². The zero-order valence-corrected chi connectivity index (χ0v) is 14.4. The number of thiocarbonyl (C=S) groups is 1. The van der Waals surface area contributed by atoms with E-state index < -0.39 is 0 Å². The fourth-order valence-corrected chi connectivity index (χ4v) is 2.90. The number of rotatable bonds is 5. The summed E-state index contributed by atoms with van der Waals surface area (Å²) in [5.41, 5.74) is 1.63. The largest absolute Gasteiger partial charge is 0.362 e. The number of benzene rings is 2. The van der Waals surface area contributed by atoms with E-state index in [-0.39, 0.29) is 5.82 Å². The summed E-state index contributed by atoms with van der Waals surface area (Å²) >= 11 is 12.8. The molecule has 0 amide bonds. The van der Waals surface area contributed by atoms with Gasteiger partial charge in [0.1, 0.15) is 5.82 Å². The van der Waals surface area contributed by atoms with E-state index in [1.165, 1.54) is 17.0 Å². The molecule has 22 heavy (non-hydrogen) atoms. The van der Waals surface area contributed by atoms with Crippen molar-refractivity contribution in [2.45, 2.75) is 11.8 Å². The first-order valence-corrected chi connectivity index (χ1v) is 8.51. The number of nitrogens with one attached hydrogen (secondary N) is 2. The van der Waals surface area contributed by atoms with Crippen molar-refractivity contribution < 1.29 is 4.39 Å². The molecule has 0 heterocycles. The summed E-state index contributed by atoms with van der Waals surface area (Å²) in [5, 5.41) is 7.48. The molecule has 0 aliphatic heterocycles. The Kier molecular flexibility index (Phi) is 6.49. The van der Waals surface area contributed by atoms with E-state index in [2.05, 4.69) is 10.6 Å². The van der Waals surface area contributed by atoms with Gasteiger partial charge in [-0.3, -0.25) is 0 Å². The third-order valence-corrected chi connectivity index (χ3v) is 4.42. The second-order valence-electron chi connectivity index (χ2n) is 4.64. The van der Waals surface area contributed by atoms with Crippen LogP contribution in [0.5, 0.6) is 0 Å². The molecule has 0 aliphatic carbocycles. The predicted octanol–water partition coefficient (Wildman–Crippen LogP) is 4.87. The summed E-state index contributed by atoms with van der Waals surface area (Å²) in [6.45, 7) is 2.57. The van der Waals surface area contributed by atoms with Crippen molar-refractivity contribution in [3.05, 3.63) is 58.9 Å². The lowest BCUT2D eigenvalue weighted by Gasteiger charge is -2.12. The van der Waals surface area contributed by atoms with Crippen molar-refractivity contribution >= 4 is 46.4 Å². The van der Waals surface area contributed by atoms with Crippen molar-refractivity contribution in [2.24, 2.45) is 0 Å². The number of thioether (sulfide) groups is 1. The minimum atomic E-state index is -0.249. The van der Waals surface area contributed by atoms with Gasteiger partial charge in [0, 0.05) is 27.9 Å². The maximum atomic E-state index is 13.0. The maximum absolute atomic E-state index is 13.0. The second kappa shape index (κ2) is 8.36. The lowest BCUT2D eigenvalue weighted by Crippen LogP contribution is -2.30. The molecule has 6 heteroatoms. The summed E-state index contributed by atoms with van der Waals surface area (Å²) in [5.74, 6) is 0.632. The van der Waals surface area contributed by atoms with Gasteiger partial charge in [0.05, 0.1) is 0 Å². The van der Waals surface area contributed by atoms with E-state index >= 15 is 0 Å². The quantitative estimate of drug-likeness (QED) is 0.454. The normalized spacial score (nSPS) is 10.3. The van der Waals surface area contributed by atoms with Gasteiger partial charge in [-0.15, -0.1) is 11.8 Å². The van der Waals surface area contributed by atoms with Crippen LogP contribution >= 0.6 is 35.6 Å². The van der Waals surface area contributed by atoms with Crippen molar-refractivity contribution in [1.82, 2.24) is 5.32 Å². The Morgan fingerprint density at radius 3 is 2.64 bits per heavy atom. The molecule has 0 fully saturated rings. The highest BCUT2D eigenvalue weighted by Gasteiger charge is 2.02. The molecule has 2 nitrogen and oxygen atoms in total. The van der Waals surface area contributed by atoms with Gasteiger partial charge in [-0.05, 0) is 67.2 Å². The molecule has 2 N–H and O–H groups in total. The van der Waals surface area contributed by atoms with Crippen LogP contribution < -0.4 is 10.6 Å². The Hall–Kier alpha value is -1.30. The Bertz CT molecular complexity index is 647. The first-order chi connectivity index (χ1) is 10.5. The number of hydrogen-bond acceptors (Lipinski definition) is 2. The van der Waals surface area contributed by atoms with Crippen LogP contribution in [0.1, 0.15) is 5.56 Å². The van der Waals surface area contributed by atoms with E-state index in [0.717, 1.165) is 28.6 Å². The van der Waals surface area contributed by atoms with E-state index in [4.69, 9.17) is 23.8 Å². The van der Waals surface area contributed by atoms with Gasteiger partial charge in [0.25, 0.3) is 0 Å². The molecule has 0 saturated heterocycles. The highest BCUT2D eigenvalue weighted by atomic mass is 35.5. The average molecular weight is 355 g/mol. The highest BCUT2D eigenvalue weighted by Crippen LogP contribution is 2.19. The third-order valence-electron chi connectivity index (χ3n) is 2.91. The summed E-state index contributed by atoms with van der Waals surface area (Å²) < 4.78 is 13.0. The molecular formula is C16H16ClFN2S2. The Morgan fingerprint density at radius 2 is 1.95 bits per heavy atom. The monoisotopic (exact) mass is 354 g/mol. The average Bonchev–Trinajstić information content (AvgIpc) is 2.48. The molecule has 2 rings (SSSR count). The van der Waals surface area contributed by atoms with E-state index in [1.807, 2.05) is 31.2 Å². The van der Waals surface area contributed by atoms with Crippen LogP contribution in [-0.2, 0) is 0 Å². The molecule has 0 unspecified atom stereocenters. The van der Waals surface area contributed by atoms with Gasteiger partial charge in [-0.2, -0.15) is 0 Å². The predicted molar refractivity (Wildman–Crippen MR) is 97.5 cm³/mol. The third kappa shape index (κ3) is 5.48. The molecule has 2 aromatic carbocycles. The number of hydrogen-bond donors (Lipinski definition) is 2. The van der Waals surface area contributed by atoms with Gasteiger partial charge >= 0.3 is 0 Å². The molecule has 2 aromatic rings. The van der Waals surface area contributed by atoms with Gasteiger partial charge in [-0.25, -0.2) is 4.39 Å². The first-order valence-electron chi connectivity index (χ1n) is 6.74. The Morgan fingerprint density at radius 1 is 1.23 bits per heavy atom. The van der Waals surface area contributed by atoms with E-state index in [9.17, 15) is 4.39 Å². The zero-order chi connectivity index (χ0) is 15.9. The highest BCUT2D eigenvalue weighted by molar-refractivity contribution is 7.99. The smallest absolute Gasteiger partial charge is 0.170 e. The fraction of sp³-hybridized carbons (Fsp3) is 0.188. The van der Waals surface area contributed by atoms with E-state index in [0.29, 0.717) is 5.11 Å². The molecule has 0 atom stereocenters. The molecule has 116 valence electrons. The van der Waals surface area contributed by atoms with Crippen LogP contribution in [0.15, 0.2) is 47.4 Å². The number of anilines is 1. The van der Waals surface area contributed by atoms with Crippen LogP contribution in [0.4, 0.5) is 10.1 Å². The van der Waals surface area contributed by atoms with Gasteiger partial charge < -0.3 is 10.6 Å². The molecule has 0 bridgehead atoms.